The van der Waals surface area contributed by atoms with E-state index in [9.17, 15) is 14.0 Å². The fourth-order valence-electron chi connectivity index (χ4n) is 5.22. The van der Waals surface area contributed by atoms with Gasteiger partial charge in [0, 0.05) is 30.9 Å². The van der Waals surface area contributed by atoms with Crippen molar-refractivity contribution in [1.82, 2.24) is 9.88 Å². The van der Waals surface area contributed by atoms with E-state index < -0.39 is 11.0 Å². The fraction of sp³-hybridized carbons (Fsp3) is 0.296. The third-order valence-electron chi connectivity index (χ3n) is 7.20. The van der Waals surface area contributed by atoms with Gasteiger partial charge in [0.2, 0.25) is 5.91 Å². The lowest BCUT2D eigenvalue weighted by molar-refractivity contribution is -0.134. The van der Waals surface area contributed by atoms with E-state index in [0.29, 0.717) is 30.8 Å². The Balaban J connectivity index is 1.15. The van der Waals surface area contributed by atoms with Crippen molar-refractivity contribution in [1.29, 1.82) is 0 Å². The number of hydrogen-bond acceptors (Lipinski definition) is 5. The van der Waals surface area contributed by atoms with Crippen LogP contribution < -0.4 is 4.74 Å². The summed E-state index contributed by atoms with van der Waals surface area (Å²) in [6.45, 7) is 1.18. The van der Waals surface area contributed by atoms with Gasteiger partial charge in [-0.05, 0) is 54.3 Å². The van der Waals surface area contributed by atoms with Crippen LogP contribution in [0.5, 0.6) is 5.75 Å². The third-order valence-corrected chi connectivity index (χ3v) is 7.20. The summed E-state index contributed by atoms with van der Waals surface area (Å²) in [4.78, 5) is 31.8. The SMILES string of the molecule is O=C1OC2(CCN(C(=O)C3(c4ccc(OCc5cccc(F)c5)cc4)CC3)C2)c2ccncc21. The van der Waals surface area contributed by atoms with Crippen molar-refractivity contribution in [3.8, 4) is 5.75 Å². The first-order valence-electron chi connectivity index (χ1n) is 11.4. The summed E-state index contributed by atoms with van der Waals surface area (Å²) in [5.41, 5.74) is 1.74. The predicted molar refractivity (Wildman–Crippen MR) is 121 cm³/mol. The maximum Gasteiger partial charge on any atom is 0.341 e. The van der Waals surface area contributed by atoms with Crippen LogP contribution in [0.15, 0.2) is 67.0 Å². The monoisotopic (exact) mass is 458 g/mol. The van der Waals surface area contributed by atoms with Crippen molar-refractivity contribution < 1.29 is 23.5 Å². The Bertz CT molecular complexity index is 1290. The molecule has 3 aromatic rings. The Morgan fingerprint density at radius 2 is 1.94 bits per heavy atom. The number of nitrogens with zero attached hydrogens (tertiary/aromatic N) is 2. The highest BCUT2D eigenvalue weighted by Gasteiger charge is 2.57. The minimum absolute atomic E-state index is 0.0800. The molecule has 1 saturated carbocycles. The molecule has 34 heavy (non-hydrogen) atoms. The summed E-state index contributed by atoms with van der Waals surface area (Å²) in [5, 5.41) is 0. The molecule has 1 spiro atoms. The van der Waals surface area contributed by atoms with Crippen LogP contribution in [-0.2, 0) is 27.2 Å². The molecular formula is C27H23FN2O4. The highest BCUT2D eigenvalue weighted by atomic mass is 19.1. The van der Waals surface area contributed by atoms with Gasteiger partial charge in [0.05, 0.1) is 17.5 Å². The lowest BCUT2D eigenvalue weighted by atomic mass is 9.92. The average Bonchev–Trinajstić information content (AvgIpc) is 3.49. The van der Waals surface area contributed by atoms with E-state index in [1.165, 1.54) is 18.3 Å². The number of amides is 1. The summed E-state index contributed by atoms with van der Waals surface area (Å²) in [7, 11) is 0. The van der Waals surface area contributed by atoms with E-state index in [4.69, 9.17) is 9.47 Å². The van der Waals surface area contributed by atoms with Gasteiger partial charge < -0.3 is 14.4 Å². The molecule has 0 radical (unpaired) electrons. The molecule has 1 atom stereocenters. The van der Waals surface area contributed by atoms with E-state index in [0.717, 1.165) is 29.5 Å². The first-order chi connectivity index (χ1) is 16.5. The molecule has 1 aliphatic carbocycles. The molecule has 3 aliphatic rings. The minimum Gasteiger partial charge on any atom is -0.489 e. The van der Waals surface area contributed by atoms with Gasteiger partial charge in [0.1, 0.15) is 18.2 Å². The van der Waals surface area contributed by atoms with E-state index >= 15 is 0 Å². The number of rotatable bonds is 5. The molecule has 3 heterocycles. The van der Waals surface area contributed by atoms with Crippen molar-refractivity contribution in [2.75, 3.05) is 13.1 Å². The highest BCUT2D eigenvalue weighted by molar-refractivity contribution is 5.95. The standard InChI is InChI=1S/C27H23FN2O4/c28-20-3-1-2-18(14-20)16-33-21-6-4-19(5-7-21)26(9-10-26)25(32)30-13-11-27(17-30)23-8-12-29-15-22(23)24(31)34-27/h1-8,12,14-15H,9-11,13,16-17H2. The number of carbonyl (C=O) groups is 2. The first kappa shape index (κ1) is 20.8. The Morgan fingerprint density at radius 1 is 1.12 bits per heavy atom. The number of aromatic nitrogens is 1. The zero-order valence-corrected chi connectivity index (χ0v) is 18.5. The molecule has 6 rings (SSSR count). The summed E-state index contributed by atoms with van der Waals surface area (Å²) in [6, 6.07) is 15.7. The van der Waals surface area contributed by atoms with Crippen LogP contribution in [0.25, 0.3) is 0 Å². The number of fused-ring (bicyclic) bond motifs is 2. The summed E-state index contributed by atoms with van der Waals surface area (Å²) < 4.78 is 24.9. The van der Waals surface area contributed by atoms with Gasteiger partial charge in [-0.1, -0.05) is 24.3 Å². The molecule has 1 aromatic heterocycles. The minimum atomic E-state index is -0.768. The van der Waals surface area contributed by atoms with Gasteiger partial charge in [0.15, 0.2) is 5.60 Å². The highest BCUT2D eigenvalue weighted by Crippen LogP contribution is 2.52. The normalized spacial score (nSPS) is 21.9. The number of halogens is 1. The number of hydrogen-bond donors (Lipinski definition) is 0. The van der Waals surface area contributed by atoms with Gasteiger partial charge in [-0.15, -0.1) is 0 Å². The summed E-state index contributed by atoms with van der Waals surface area (Å²) in [6.07, 6.45) is 5.37. The van der Waals surface area contributed by atoms with Gasteiger partial charge in [-0.25, -0.2) is 9.18 Å². The van der Waals surface area contributed by atoms with Gasteiger partial charge in [-0.3, -0.25) is 9.78 Å². The molecule has 0 N–H and O–H groups in total. The zero-order valence-electron chi connectivity index (χ0n) is 18.5. The summed E-state index contributed by atoms with van der Waals surface area (Å²) >= 11 is 0. The largest absolute Gasteiger partial charge is 0.489 e. The van der Waals surface area contributed by atoms with Crippen LogP contribution in [-0.4, -0.2) is 34.8 Å². The molecule has 1 unspecified atom stereocenters. The fourth-order valence-corrected chi connectivity index (χ4v) is 5.22. The number of benzene rings is 2. The van der Waals surface area contributed by atoms with Crippen LogP contribution in [0.4, 0.5) is 4.39 Å². The lowest BCUT2D eigenvalue weighted by Gasteiger charge is -2.27. The number of esters is 1. The Kier molecular flexibility index (Phi) is 4.69. The van der Waals surface area contributed by atoms with Crippen LogP contribution in [0, 0.1) is 5.82 Å². The first-order valence-corrected chi connectivity index (χ1v) is 11.4. The molecule has 2 aliphatic heterocycles. The third kappa shape index (κ3) is 3.34. The second-order valence-electron chi connectivity index (χ2n) is 9.31. The lowest BCUT2D eigenvalue weighted by Crippen LogP contribution is -2.40. The maximum absolute atomic E-state index is 13.6. The van der Waals surface area contributed by atoms with Crippen molar-refractivity contribution in [2.24, 2.45) is 0 Å². The number of carbonyl (C=O) groups excluding carboxylic acids is 2. The molecule has 0 bridgehead atoms. The topological polar surface area (TPSA) is 68.7 Å². The Morgan fingerprint density at radius 3 is 2.71 bits per heavy atom. The van der Waals surface area contributed by atoms with E-state index in [2.05, 4.69) is 4.98 Å². The van der Waals surface area contributed by atoms with Crippen LogP contribution in [0.2, 0.25) is 0 Å². The van der Waals surface area contributed by atoms with E-state index in [1.54, 1.807) is 12.3 Å². The maximum atomic E-state index is 13.6. The second kappa shape index (κ2) is 7.65. The van der Waals surface area contributed by atoms with E-state index in [-0.39, 0.29) is 24.3 Å². The molecule has 6 nitrogen and oxygen atoms in total. The average molecular weight is 458 g/mol. The number of pyridine rings is 1. The summed E-state index contributed by atoms with van der Waals surface area (Å²) in [5.74, 6) is 0.0880. The van der Waals surface area contributed by atoms with Crippen LogP contribution >= 0.6 is 0 Å². The zero-order chi connectivity index (χ0) is 23.3. The van der Waals surface area contributed by atoms with Gasteiger partial charge in [-0.2, -0.15) is 0 Å². The van der Waals surface area contributed by atoms with Gasteiger partial charge in [0.25, 0.3) is 0 Å². The second-order valence-corrected chi connectivity index (χ2v) is 9.31. The molecule has 2 fully saturated rings. The molecule has 172 valence electrons. The van der Waals surface area contributed by atoms with Crippen molar-refractivity contribution in [3.05, 3.63) is 95.1 Å². The van der Waals surface area contributed by atoms with Crippen molar-refractivity contribution >= 4 is 11.9 Å². The molecular weight excluding hydrogens is 435 g/mol. The Hall–Kier alpha value is -3.74. The predicted octanol–water partition coefficient (Wildman–Crippen LogP) is 4.13. The van der Waals surface area contributed by atoms with Crippen LogP contribution in [0.3, 0.4) is 0 Å². The quantitative estimate of drug-likeness (QED) is 0.538. The number of likely N-dealkylation sites (tertiary alicyclic amines) is 1. The smallest absolute Gasteiger partial charge is 0.341 e. The molecule has 1 saturated heterocycles. The van der Waals surface area contributed by atoms with Crippen LogP contribution in [0.1, 0.15) is 46.3 Å². The number of ether oxygens (including phenoxy) is 2. The van der Waals surface area contributed by atoms with Crippen molar-refractivity contribution in [2.45, 2.75) is 36.9 Å². The van der Waals surface area contributed by atoms with Crippen molar-refractivity contribution in [3.63, 3.8) is 0 Å². The molecule has 2 aromatic carbocycles. The molecule has 1 amide bonds. The van der Waals surface area contributed by atoms with Gasteiger partial charge >= 0.3 is 5.97 Å². The molecule has 7 heteroatoms. The van der Waals surface area contributed by atoms with E-state index in [1.807, 2.05) is 41.3 Å². The Labute approximate surface area is 196 Å².